The molecular formula is C22H20ClN3O3. The highest BCUT2D eigenvalue weighted by Crippen LogP contribution is 2.31. The molecule has 0 fully saturated rings. The number of rotatable bonds is 5. The van der Waals surface area contributed by atoms with Gasteiger partial charge in [0.25, 0.3) is 5.91 Å². The summed E-state index contributed by atoms with van der Waals surface area (Å²) < 4.78 is 12.9. The van der Waals surface area contributed by atoms with Crippen molar-refractivity contribution >= 4 is 28.5 Å². The van der Waals surface area contributed by atoms with Crippen LogP contribution < -0.4 is 10.1 Å². The quantitative estimate of drug-likeness (QED) is 0.520. The second kappa shape index (κ2) is 7.64. The van der Waals surface area contributed by atoms with Gasteiger partial charge in [-0.25, -0.2) is 4.98 Å². The third-order valence-corrected chi connectivity index (χ3v) is 5.26. The molecule has 6 nitrogen and oxygen atoms in total. The molecule has 0 aliphatic rings. The van der Waals surface area contributed by atoms with Crippen LogP contribution in [0.3, 0.4) is 0 Å². The average Bonchev–Trinajstić information content (AvgIpc) is 3.30. The van der Waals surface area contributed by atoms with Gasteiger partial charge in [0.15, 0.2) is 11.3 Å². The monoisotopic (exact) mass is 409 g/mol. The van der Waals surface area contributed by atoms with Gasteiger partial charge in [-0.15, -0.1) is 0 Å². The van der Waals surface area contributed by atoms with Crippen molar-refractivity contribution in [3.05, 3.63) is 82.6 Å². The third-order valence-electron chi connectivity index (χ3n) is 4.96. The summed E-state index contributed by atoms with van der Waals surface area (Å²) in [6.07, 6.45) is 3.54. The summed E-state index contributed by atoms with van der Waals surface area (Å²) in [5.74, 6) is 1.34. The summed E-state index contributed by atoms with van der Waals surface area (Å²) in [6.45, 7) is 1.85. The average molecular weight is 410 g/mol. The zero-order valence-electron chi connectivity index (χ0n) is 16.3. The Kier molecular flexibility index (Phi) is 5.03. The van der Waals surface area contributed by atoms with Crippen LogP contribution in [0, 0.1) is 6.92 Å². The number of nitrogens with zero attached hydrogens (tertiary/aromatic N) is 2. The molecule has 0 unspecified atom stereocenters. The van der Waals surface area contributed by atoms with Crippen LogP contribution >= 0.6 is 11.6 Å². The third kappa shape index (κ3) is 3.47. The van der Waals surface area contributed by atoms with Gasteiger partial charge in [-0.2, -0.15) is 0 Å². The first-order chi connectivity index (χ1) is 14.0. The number of halogens is 1. The lowest BCUT2D eigenvalue weighted by Gasteiger charge is -2.19. The van der Waals surface area contributed by atoms with Crippen LogP contribution in [0.4, 0.5) is 0 Å². The van der Waals surface area contributed by atoms with Crippen LogP contribution in [0.25, 0.3) is 11.0 Å². The number of aryl methyl sites for hydroxylation is 2. The van der Waals surface area contributed by atoms with Crippen LogP contribution in [-0.2, 0) is 7.05 Å². The minimum absolute atomic E-state index is 0.237. The Balaban J connectivity index is 1.73. The molecule has 0 saturated heterocycles. The number of amides is 1. The summed E-state index contributed by atoms with van der Waals surface area (Å²) in [5.41, 5.74) is 2.13. The number of carbonyl (C=O) groups is 1. The largest absolute Gasteiger partial charge is 0.497 e. The Labute approximate surface area is 173 Å². The molecule has 2 aromatic carbocycles. The smallest absolute Gasteiger partial charge is 0.288 e. The Hall–Kier alpha value is -3.25. The van der Waals surface area contributed by atoms with Crippen LogP contribution in [-0.4, -0.2) is 22.6 Å². The molecule has 0 saturated carbocycles. The fourth-order valence-corrected chi connectivity index (χ4v) is 3.58. The van der Waals surface area contributed by atoms with Crippen molar-refractivity contribution in [3.8, 4) is 5.75 Å². The number of hydrogen-bond donors (Lipinski definition) is 1. The number of carbonyl (C=O) groups excluding carboxylic acids is 1. The molecule has 29 heavy (non-hydrogen) atoms. The molecule has 0 radical (unpaired) electrons. The van der Waals surface area contributed by atoms with Crippen LogP contribution in [0.5, 0.6) is 5.75 Å². The summed E-state index contributed by atoms with van der Waals surface area (Å²) >= 11 is 6.23. The zero-order valence-corrected chi connectivity index (χ0v) is 17.0. The molecule has 0 spiro atoms. The van der Waals surface area contributed by atoms with E-state index in [1.807, 2.05) is 61.1 Å². The van der Waals surface area contributed by atoms with E-state index in [-0.39, 0.29) is 11.7 Å². The van der Waals surface area contributed by atoms with Crippen LogP contribution in [0.1, 0.15) is 33.5 Å². The maximum atomic E-state index is 13.2. The van der Waals surface area contributed by atoms with Gasteiger partial charge < -0.3 is 19.0 Å². The van der Waals surface area contributed by atoms with E-state index in [0.717, 1.165) is 22.3 Å². The van der Waals surface area contributed by atoms with Crippen molar-refractivity contribution in [1.29, 1.82) is 0 Å². The van der Waals surface area contributed by atoms with E-state index < -0.39 is 6.04 Å². The van der Waals surface area contributed by atoms with Gasteiger partial charge in [-0.1, -0.05) is 35.9 Å². The lowest BCUT2D eigenvalue weighted by atomic mass is 10.1. The van der Waals surface area contributed by atoms with Gasteiger partial charge in [0, 0.05) is 30.4 Å². The standard InChI is InChI=1S/C22H20ClN3O3/c1-13-16-5-4-6-17(23)20(16)29-19(13)22(27)25-18(21-24-11-12-26(21)2)14-7-9-15(28-3)10-8-14/h4-12,18H,1-3H3,(H,25,27)/t18-/m0/s1. The zero-order chi connectivity index (χ0) is 20.5. The fourth-order valence-electron chi connectivity index (χ4n) is 3.37. The highest BCUT2D eigenvalue weighted by atomic mass is 35.5. The van der Waals surface area contributed by atoms with Gasteiger partial charge in [0.1, 0.15) is 17.6 Å². The van der Waals surface area contributed by atoms with Crippen molar-refractivity contribution in [2.75, 3.05) is 7.11 Å². The Morgan fingerprint density at radius 2 is 2.00 bits per heavy atom. The van der Waals surface area contributed by atoms with E-state index in [4.69, 9.17) is 20.8 Å². The van der Waals surface area contributed by atoms with Crippen molar-refractivity contribution < 1.29 is 13.9 Å². The topological polar surface area (TPSA) is 69.3 Å². The molecule has 1 atom stereocenters. The Bertz CT molecular complexity index is 1180. The van der Waals surface area contributed by atoms with Gasteiger partial charge >= 0.3 is 0 Å². The summed E-state index contributed by atoms with van der Waals surface area (Å²) in [7, 11) is 3.50. The number of imidazole rings is 1. The molecule has 1 N–H and O–H groups in total. The minimum Gasteiger partial charge on any atom is -0.497 e. The highest BCUT2D eigenvalue weighted by Gasteiger charge is 2.25. The molecule has 0 aliphatic heterocycles. The van der Waals surface area contributed by atoms with Crippen molar-refractivity contribution in [1.82, 2.24) is 14.9 Å². The van der Waals surface area contributed by atoms with E-state index in [1.165, 1.54) is 0 Å². The van der Waals surface area contributed by atoms with Crippen molar-refractivity contribution in [3.63, 3.8) is 0 Å². The predicted octanol–water partition coefficient (Wildman–Crippen LogP) is 4.66. The van der Waals surface area contributed by atoms with Crippen molar-refractivity contribution in [2.24, 2.45) is 7.05 Å². The van der Waals surface area contributed by atoms with Gasteiger partial charge in [-0.3, -0.25) is 4.79 Å². The molecular weight excluding hydrogens is 390 g/mol. The molecule has 7 heteroatoms. The number of methoxy groups -OCH3 is 1. The van der Waals surface area contributed by atoms with E-state index in [1.54, 1.807) is 19.4 Å². The number of fused-ring (bicyclic) bond motifs is 1. The molecule has 0 aliphatic carbocycles. The van der Waals surface area contributed by atoms with Crippen LogP contribution in [0.2, 0.25) is 5.02 Å². The fraction of sp³-hybridized carbons (Fsp3) is 0.182. The van der Waals surface area contributed by atoms with Crippen LogP contribution in [0.15, 0.2) is 59.3 Å². The van der Waals surface area contributed by atoms with Gasteiger partial charge in [-0.05, 0) is 30.7 Å². The SMILES string of the molecule is COc1ccc([C@H](NC(=O)c2oc3c(Cl)cccc3c2C)c2nccn2C)cc1. The number of aromatic nitrogens is 2. The number of benzene rings is 2. The highest BCUT2D eigenvalue weighted by molar-refractivity contribution is 6.35. The number of hydrogen-bond acceptors (Lipinski definition) is 4. The first-order valence-corrected chi connectivity index (χ1v) is 9.47. The second-order valence-corrected chi connectivity index (χ2v) is 7.16. The Morgan fingerprint density at radius 1 is 1.24 bits per heavy atom. The molecule has 4 rings (SSSR count). The van der Waals surface area contributed by atoms with Gasteiger partial charge in [0.2, 0.25) is 0 Å². The maximum Gasteiger partial charge on any atom is 0.288 e. The first kappa shape index (κ1) is 19.1. The number of furan rings is 1. The van der Waals surface area contributed by atoms with E-state index >= 15 is 0 Å². The summed E-state index contributed by atoms with van der Waals surface area (Å²) in [4.78, 5) is 17.6. The molecule has 2 aromatic heterocycles. The first-order valence-electron chi connectivity index (χ1n) is 9.09. The van der Waals surface area contributed by atoms with E-state index in [2.05, 4.69) is 10.3 Å². The number of para-hydroxylation sites is 1. The molecule has 2 heterocycles. The minimum atomic E-state index is -0.462. The van der Waals surface area contributed by atoms with Gasteiger partial charge in [0.05, 0.1) is 12.1 Å². The number of nitrogens with one attached hydrogen (secondary N) is 1. The lowest BCUT2D eigenvalue weighted by molar-refractivity contribution is 0.0914. The summed E-state index contributed by atoms with van der Waals surface area (Å²) in [6, 6.07) is 12.5. The molecule has 148 valence electrons. The van der Waals surface area contributed by atoms with E-state index in [0.29, 0.717) is 16.4 Å². The molecule has 1 amide bonds. The maximum absolute atomic E-state index is 13.2. The molecule has 0 bridgehead atoms. The summed E-state index contributed by atoms with van der Waals surface area (Å²) in [5, 5.41) is 4.34. The predicted molar refractivity (Wildman–Crippen MR) is 111 cm³/mol. The lowest BCUT2D eigenvalue weighted by Crippen LogP contribution is -2.31. The second-order valence-electron chi connectivity index (χ2n) is 6.75. The van der Waals surface area contributed by atoms with E-state index in [9.17, 15) is 4.79 Å². The molecule has 4 aromatic rings. The normalized spacial score (nSPS) is 12.1. The number of ether oxygens (including phenoxy) is 1. The van der Waals surface area contributed by atoms with Crippen molar-refractivity contribution in [2.45, 2.75) is 13.0 Å². The Morgan fingerprint density at radius 3 is 2.62 bits per heavy atom.